The Morgan fingerprint density at radius 2 is 2.10 bits per heavy atom. The molecule has 5 heteroatoms. The molecule has 2 heterocycles. The first-order chi connectivity index (χ1) is 10.1. The van der Waals surface area contributed by atoms with Gasteiger partial charge in [-0.1, -0.05) is 6.08 Å². The van der Waals surface area contributed by atoms with E-state index >= 15 is 0 Å². The van der Waals surface area contributed by atoms with Crippen molar-refractivity contribution in [3.05, 3.63) is 35.9 Å². The zero-order chi connectivity index (χ0) is 14.6. The first-order valence-electron chi connectivity index (χ1n) is 7.49. The molecule has 2 aliphatic rings. The van der Waals surface area contributed by atoms with Gasteiger partial charge in [0.05, 0.1) is 23.9 Å². The SMILES string of the molecule is Cc1ncnc2c1ccn2[C@H]1C[C@H](O)[C@H]2C[C@H](O)CC=C21. The molecule has 2 aromatic rings. The Bertz CT molecular complexity index is 721. The summed E-state index contributed by atoms with van der Waals surface area (Å²) < 4.78 is 2.15. The molecule has 0 spiro atoms. The summed E-state index contributed by atoms with van der Waals surface area (Å²) in [6, 6.07) is 2.19. The average molecular weight is 285 g/mol. The second kappa shape index (κ2) is 4.64. The van der Waals surface area contributed by atoms with Crippen molar-refractivity contribution in [1.29, 1.82) is 0 Å². The number of aromatic nitrogens is 3. The monoisotopic (exact) mass is 285 g/mol. The van der Waals surface area contributed by atoms with Gasteiger partial charge in [-0.2, -0.15) is 0 Å². The molecule has 21 heavy (non-hydrogen) atoms. The quantitative estimate of drug-likeness (QED) is 0.783. The molecule has 1 saturated carbocycles. The van der Waals surface area contributed by atoms with E-state index in [-0.39, 0.29) is 24.2 Å². The summed E-state index contributed by atoms with van der Waals surface area (Å²) in [5, 5.41) is 21.2. The lowest BCUT2D eigenvalue weighted by Gasteiger charge is -2.26. The molecule has 0 unspecified atom stereocenters. The van der Waals surface area contributed by atoms with Crippen LogP contribution in [0.3, 0.4) is 0 Å². The van der Waals surface area contributed by atoms with Crippen LogP contribution in [0.2, 0.25) is 0 Å². The fraction of sp³-hybridized carbons (Fsp3) is 0.500. The van der Waals surface area contributed by atoms with Crippen molar-refractivity contribution in [2.45, 2.75) is 44.4 Å². The van der Waals surface area contributed by atoms with Gasteiger partial charge < -0.3 is 14.8 Å². The van der Waals surface area contributed by atoms with Crippen LogP contribution in [0.5, 0.6) is 0 Å². The molecule has 0 aliphatic heterocycles. The zero-order valence-electron chi connectivity index (χ0n) is 12.0. The van der Waals surface area contributed by atoms with E-state index in [4.69, 9.17) is 0 Å². The van der Waals surface area contributed by atoms with Crippen LogP contribution in [0.25, 0.3) is 11.0 Å². The lowest BCUT2D eigenvalue weighted by atomic mass is 9.86. The van der Waals surface area contributed by atoms with Crippen LogP contribution in [0, 0.1) is 12.8 Å². The van der Waals surface area contributed by atoms with Crippen LogP contribution in [-0.4, -0.2) is 37.0 Å². The first kappa shape index (κ1) is 13.0. The van der Waals surface area contributed by atoms with E-state index in [0.717, 1.165) is 16.7 Å². The lowest BCUT2D eigenvalue weighted by Crippen LogP contribution is -2.24. The van der Waals surface area contributed by atoms with Crippen LogP contribution in [-0.2, 0) is 0 Å². The molecular formula is C16H19N3O2. The van der Waals surface area contributed by atoms with Gasteiger partial charge in [-0.15, -0.1) is 0 Å². The van der Waals surface area contributed by atoms with Crippen LogP contribution >= 0.6 is 0 Å². The summed E-state index contributed by atoms with van der Waals surface area (Å²) in [5.74, 6) is 0.0825. The number of nitrogens with zero attached hydrogens (tertiary/aromatic N) is 3. The minimum absolute atomic E-state index is 0.0825. The molecule has 2 aromatic heterocycles. The highest BCUT2D eigenvalue weighted by Gasteiger charge is 2.41. The number of aryl methyl sites for hydroxylation is 1. The lowest BCUT2D eigenvalue weighted by molar-refractivity contribution is 0.0845. The largest absolute Gasteiger partial charge is 0.393 e. The van der Waals surface area contributed by atoms with E-state index < -0.39 is 0 Å². The average Bonchev–Trinajstić information content (AvgIpc) is 3.02. The van der Waals surface area contributed by atoms with Crippen LogP contribution in [0.4, 0.5) is 0 Å². The molecule has 2 aliphatic carbocycles. The van der Waals surface area contributed by atoms with Crippen molar-refractivity contribution in [2.75, 3.05) is 0 Å². The van der Waals surface area contributed by atoms with Gasteiger partial charge in [0.1, 0.15) is 12.0 Å². The number of aliphatic hydroxyl groups is 2. The van der Waals surface area contributed by atoms with E-state index in [2.05, 4.69) is 20.6 Å². The Labute approximate surface area is 123 Å². The van der Waals surface area contributed by atoms with Crippen molar-refractivity contribution in [3.8, 4) is 0 Å². The third-order valence-electron chi connectivity index (χ3n) is 4.94. The Balaban J connectivity index is 1.81. The van der Waals surface area contributed by atoms with Gasteiger partial charge in [-0.25, -0.2) is 9.97 Å². The van der Waals surface area contributed by atoms with E-state index in [1.807, 2.05) is 19.2 Å². The van der Waals surface area contributed by atoms with Gasteiger partial charge >= 0.3 is 0 Å². The molecule has 0 aromatic carbocycles. The van der Waals surface area contributed by atoms with Gasteiger partial charge in [0.2, 0.25) is 0 Å². The van der Waals surface area contributed by atoms with Crippen molar-refractivity contribution < 1.29 is 10.2 Å². The highest BCUT2D eigenvalue weighted by atomic mass is 16.3. The topological polar surface area (TPSA) is 71.2 Å². The second-order valence-corrected chi connectivity index (χ2v) is 6.17. The fourth-order valence-electron chi connectivity index (χ4n) is 3.86. The first-order valence-corrected chi connectivity index (χ1v) is 7.49. The van der Waals surface area contributed by atoms with Gasteiger partial charge in [-0.3, -0.25) is 0 Å². The summed E-state index contributed by atoms with van der Waals surface area (Å²) in [6.07, 6.45) is 7.08. The summed E-state index contributed by atoms with van der Waals surface area (Å²) in [5.41, 5.74) is 3.15. The Kier molecular flexibility index (Phi) is 2.87. The smallest absolute Gasteiger partial charge is 0.144 e. The number of rotatable bonds is 1. The minimum Gasteiger partial charge on any atom is -0.393 e. The molecule has 0 saturated heterocycles. The maximum atomic E-state index is 10.3. The summed E-state index contributed by atoms with van der Waals surface area (Å²) in [7, 11) is 0. The molecule has 0 bridgehead atoms. The third-order valence-corrected chi connectivity index (χ3v) is 4.94. The number of aliphatic hydroxyl groups excluding tert-OH is 2. The standard InChI is InChI=1S/C16H19N3O2/c1-9-11-4-5-19(16(11)18-8-17-9)14-7-15(21)13-6-10(20)2-3-12(13)14/h3-5,8,10,13-15,20-21H,2,6-7H2,1H3/t10-,13+,14+,15+/m1/s1. The maximum absolute atomic E-state index is 10.3. The normalized spacial score (nSPS) is 32.2. The molecule has 110 valence electrons. The van der Waals surface area contributed by atoms with E-state index in [0.29, 0.717) is 19.3 Å². The minimum atomic E-state index is -0.378. The van der Waals surface area contributed by atoms with Crippen molar-refractivity contribution in [3.63, 3.8) is 0 Å². The highest BCUT2D eigenvalue weighted by Crippen LogP contribution is 2.46. The Morgan fingerprint density at radius 1 is 1.24 bits per heavy atom. The Morgan fingerprint density at radius 3 is 2.95 bits per heavy atom. The number of hydrogen-bond donors (Lipinski definition) is 2. The van der Waals surface area contributed by atoms with Gasteiger partial charge in [-0.05, 0) is 37.8 Å². The van der Waals surface area contributed by atoms with E-state index in [9.17, 15) is 10.2 Å². The molecule has 1 fully saturated rings. The molecule has 0 amide bonds. The summed E-state index contributed by atoms with van der Waals surface area (Å²) in [4.78, 5) is 8.65. The van der Waals surface area contributed by atoms with E-state index in [1.165, 1.54) is 5.57 Å². The predicted molar refractivity (Wildman–Crippen MR) is 78.7 cm³/mol. The van der Waals surface area contributed by atoms with Crippen molar-refractivity contribution >= 4 is 11.0 Å². The van der Waals surface area contributed by atoms with Crippen LogP contribution in [0.15, 0.2) is 30.2 Å². The number of hydrogen-bond acceptors (Lipinski definition) is 4. The second-order valence-electron chi connectivity index (χ2n) is 6.17. The van der Waals surface area contributed by atoms with Crippen LogP contribution in [0.1, 0.15) is 31.0 Å². The Hall–Kier alpha value is -1.72. The fourth-order valence-corrected chi connectivity index (χ4v) is 3.86. The maximum Gasteiger partial charge on any atom is 0.144 e. The van der Waals surface area contributed by atoms with Gasteiger partial charge in [0.25, 0.3) is 0 Å². The van der Waals surface area contributed by atoms with Crippen molar-refractivity contribution in [2.24, 2.45) is 5.92 Å². The van der Waals surface area contributed by atoms with Crippen molar-refractivity contribution in [1.82, 2.24) is 14.5 Å². The van der Waals surface area contributed by atoms with E-state index in [1.54, 1.807) is 6.33 Å². The third kappa shape index (κ3) is 1.92. The molecule has 5 nitrogen and oxygen atoms in total. The van der Waals surface area contributed by atoms with Crippen LogP contribution < -0.4 is 0 Å². The van der Waals surface area contributed by atoms with Gasteiger partial charge in [0, 0.05) is 17.5 Å². The number of fused-ring (bicyclic) bond motifs is 2. The predicted octanol–water partition coefficient (Wildman–Crippen LogP) is 1.74. The highest BCUT2D eigenvalue weighted by molar-refractivity contribution is 5.78. The summed E-state index contributed by atoms with van der Waals surface area (Å²) >= 11 is 0. The van der Waals surface area contributed by atoms with Gasteiger partial charge in [0.15, 0.2) is 0 Å². The molecule has 2 N–H and O–H groups in total. The molecule has 4 rings (SSSR count). The zero-order valence-corrected chi connectivity index (χ0v) is 12.0. The summed E-state index contributed by atoms with van der Waals surface area (Å²) in [6.45, 7) is 1.98. The molecular weight excluding hydrogens is 266 g/mol. The molecule has 4 atom stereocenters. The molecule has 0 radical (unpaired) electrons.